The highest BCUT2D eigenvalue weighted by atomic mass is 35.5. The van der Waals surface area contributed by atoms with E-state index in [0.717, 1.165) is 0 Å². The van der Waals surface area contributed by atoms with Gasteiger partial charge in [-0.05, 0) is 12.1 Å². The van der Waals surface area contributed by atoms with Crippen molar-refractivity contribution in [1.82, 2.24) is 0 Å². The SMILES string of the molecule is N=C(N)CCOc1ccc(F)c(Cl)c1. The van der Waals surface area contributed by atoms with Gasteiger partial charge in [0.1, 0.15) is 11.6 Å². The maximum absolute atomic E-state index is 12.7. The molecular formula is C9H10ClFN2O. The van der Waals surface area contributed by atoms with Crippen molar-refractivity contribution < 1.29 is 9.13 Å². The molecule has 0 saturated carbocycles. The van der Waals surface area contributed by atoms with Crippen LogP contribution in [0.4, 0.5) is 4.39 Å². The van der Waals surface area contributed by atoms with Crippen molar-refractivity contribution in [3.8, 4) is 5.75 Å². The Hall–Kier alpha value is -1.29. The van der Waals surface area contributed by atoms with Crippen LogP contribution >= 0.6 is 11.6 Å². The number of ether oxygens (including phenoxy) is 1. The summed E-state index contributed by atoms with van der Waals surface area (Å²) in [4.78, 5) is 0. The third-order valence-electron chi connectivity index (χ3n) is 1.53. The summed E-state index contributed by atoms with van der Waals surface area (Å²) in [5.74, 6) is 0.0430. The molecule has 0 radical (unpaired) electrons. The van der Waals surface area contributed by atoms with Crippen molar-refractivity contribution in [3.05, 3.63) is 29.0 Å². The monoisotopic (exact) mass is 216 g/mol. The molecule has 0 spiro atoms. The number of nitrogens with one attached hydrogen (secondary N) is 1. The Morgan fingerprint density at radius 2 is 2.29 bits per heavy atom. The molecule has 1 rings (SSSR count). The Labute approximate surface area is 86.1 Å². The summed E-state index contributed by atoms with van der Waals surface area (Å²) in [5, 5.41) is 6.97. The van der Waals surface area contributed by atoms with Gasteiger partial charge in [-0.25, -0.2) is 4.39 Å². The van der Waals surface area contributed by atoms with Crippen molar-refractivity contribution in [2.45, 2.75) is 6.42 Å². The Bertz CT molecular complexity index is 344. The van der Waals surface area contributed by atoms with Gasteiger partial charge in [0.05, 0.1) is 17.5 Å². The minimum atomic E-state index is -0.481. The summed E-state index contributed by atoms with van der Waals surface area (Å²) >= 11 is 5.53. The van der Waals surface area contributed by atoms with Crippen molar-refractivity contribution in [1.29, 1.82) is 5.41 Å². The van der Waals surface area contributed by atoms with Crippen LogP contribution in [-0.2, 0) is 0 Å². The maximum atomic E-state index is 12.7. The Morgan fingerprint density at radius 1 is 1.57 bits per heavy atom. The number of nitrogens with two attached hydrogens (primary N) is 1. The molecule has 5 heteroatoms. The molecule has 0 atom stereocenters. The van der Waals surface area contributed by atoms with Crippen molar-refractivity contribution in [3.63, 3.8) is 0 Å². The number of rotatable bonds is 4. The van der Waals surface area contributed by atoms with Gasteiger partial charge in [-0.15, -0.1) is 0 Å². The molecule has 0 amide bonds. The molecule has 0 aliphatic rings. The number of hydrogen-bond donors (Lipinski definition) is 2. The smallest absolute Gasteiger partial charge is 0.142 e. The highest BCUT2D eigenvalue weighted by molar-refractivity contribution is 6.30. The lowest BCUT2D eigenvalue weighted by Gasteiger charge is -2.05. The first kappa shape index (κ1) is 10.8. The van der Waals surface area contributed by atoms with Crippen LogP contribution in [0.25, 0.3) is 0 Å². The van der Waals surface area contributed by atoms with E-state index in [9.17, 15) is 4.39 Å². The van der Waals surface area contributed by atoms with Crippen molar-refractivity contribution in [2.75, 3.05) is 6.61 Å². The van der Waals surface area contributed by atoms with E-state index in [4.69, 9.17) is 27.5 Å². The van der Waals surface area contributed by atoms with Crippen LogP contribution in [-0.4, -0.2) is 12.4 Å². The molecular weight excluding hydrogens is 207 g/mol. The maximum Gasteiger partial charge on any atom is 0.142 e. The van der Waals surface area contributed by atoms with Crippen LogP contribution < -0.4 is 10.5 Å². The fraction of sp³-hybridized carbons (Fsp3) is 0.222. The Kier molecular flexibility index (Phi) is 3.71. The largest absolute Gasteiger partial charge is 0.493 e. The normalized spacial score (nSPS) is 9.86. The molecule has 3 N–H and O–H groups in total. The second-order valence-corrected chi connectivity index (χ2v) is 3.11. The van der Waals surface area contributed by atoms with Gasteiger partial charge in [0.25, 0.3) is 0 Å². The van der Waals surface area contributed by atoms with E-state index in [-0.39, 0.29) is 17.5 Å². The van der Waals surface area contributed by atoms with Crippen LogP contribution in [0.2, 0.25) is 5.02 Å². The number of hydrogen-bond acceptors (Lipinski definition) is 2. The van der Waals surface area contributed by atoms with Crippen LogP contribution in [0.5, 0.6) is 5.75 Å². The molecule has 0 unspecified atom stereocenters. The summed E-state index contributed by atoms with van der Waals surface area (Å²) in [6, 6.07) is 4.09. The topological polar surface area (TPSA) is 59.1 Å². The van der Waals surface area contributed by atoms with Crippen molar-refractivity contribution in [2.24, 2.45) is 5.73 Å². The minimum absolute atomic E-state index is 0.0188. The van der Waals surface area contributed by atoms with Gasteiger partial charge in [-0.1, -0.05) is 11.6 Å². The van der Waals surface area contributed by atoms with Crippen molar-refractivity contribution >= 4 is 17.4 Å². The minimum Gasteiger partial charge on any atom is -0.493 e. The lowest BCUT2D eigenvalue weighted by atomic mass is 10.3. The molecule has 0 bridgehead atoms. The molecule has 0 aliphatic carbocycles. The van der Waals surface area contributed by atoms with Crippen LogP contribution in [0.15, 0.2) is 18.2 Å². The fourth-order valence-electron chi connectivity index (χ4n) is 0.845. The lowest BCUT2D eigenvalue weighted by Crippen LogP contribution is -2.13. The van der Waals surface area contributed by atoms with E-state index < -0.39 is 5.82 Å². The highest BCUT2D eigenvalue weighted by Gasteiger charge is 2.01. The summed E-state index contributed by atoms with van der Waals surface area (Å²) < 4.78 is 17.9. The third-order valence-corrected chi connectivity index (χ3v) is 1.82. The summed E-state index contributed by atoms with van der Waals surface area (Å²) in [5.41, 5.74) is 5.13. The predicted molar refractivity (Wildman–Crippen MR) is 53.4 cm³/mol. The first-order valence-corrected chi connectivity index (χ1v) is 4.38. The van der Waals surface area contributed by atoms with Gasteiger partial charge in [0, 0.05) is 12.5 Å². The molecule has 3 nitrogen and oxygen atoms in total. The number of amidine groups is 1. The van der Waals surface area contributed by atoms with E-state index in [0.29, 0.717) is 12.2 Å². The number of benzene rings is 1. The van der Waals surface area contributed by atoms with Gasteiger partial charge in [0.2, 0.25) is 0 Å². The molecule has 0 aliphatic heterocycles. The van der Waals surface area contributed by atoms with Crippen LogP contribution in [0, 0.1) is 11.2 Å². The third kappa shape index (κ3) is 3.22. The molecule has 0 saturated heterocycles. The van der Waals surface area contributed by atoms with Gasteiger partial charge in [-0.2, -0.15) is 0 Å². The molecule has 14 heavy (non-hydrogen) atoms. The van der Waals surface area contributed by atoms with E-state index in [2.05, 4.69) is 0 Å². The Balaban J connectivity index is 2.51. The highest BCUT2D eigenvalue weighted by Crippen LogP contribution is 2.20. The summed E-state index contributed by atoms with van der Waals surface area (Å²) in [7, 11) is 0. The quantitative estimate of drug-likeness (QED) is 0.599. The zero-order valence-corrected chi connectivity index (χ0v) is 8.14. The first-order chi connectivity index (χ1) is 6.59. The van der Waals surface area contributed by atoms with Crippen LogP contribution in [0.3, 0.4) is 0 Å². The van der Waals surface area contributed by atoms with E-state index >= 15 is 0 Å². The van der Waals surface area contributed by atoms with Gasteiger partial charge in [0.15, 0.2) is 0 Å². The molecule has 1 aromatic carbocycles. The van der Waals surface area contributed by atoms with Crippen LogP contribution in [0.1, 0.15) is 6.42 Å². The number of halogens is 2. The predicted octanol–water partition coefficient (Wildman–Crippen LogP) is 2.18. The molecule has 1 aromatic rings. The average Bonchev–Trinajstić information content (AvgIpc) is 2.10. The Morgan fingerprint density at radius 3 is 2.86 bits per heavy atom. The lowest BCUT2D eigenvalue weighted by molar-refractivity contribution is 0.328. The summed E-state index contributed by atoms with van der Waals surface area (Å²) in [6.07, 6.45) is 0.342. The van der Waals surface area contributed by atoms with Gasteiger partial charge >= 0.3 is 0 Å². The second-order valence-electron chi connectivity index (χ2n) is 2.70. The zero-order valence-electron chi connectivity index (χ0n) is 7.39. The standard InChI is InChI=1S/C9H10ClFN2O/c10-7-5-6(1-2-8(7)11)14-4-3-9(12)13/h1-2,5H,3-4H2,(H3,12,13). The van der Waals surface area contributed by atoms with Gasteiger partial charge in [-0.3, -0.25) is 5.41 Å². The molecule has 76 valence electrons. The second kappa shape index (κ2) is 4.81. The molecule has 0 fully saturated rings. The zero-order chi connectivity index (χ0) is 10.6. The molecule has 0 heterocycles. The average molecular weight is 217 g/mol. The summed E-state index contributed by atoms with van der Waals surface area (Å²) in [6.45, 7) is 0.289. The van der Waals surface area contributed by atoms with Gasteiger partial charge < -0.3 is 10.5 Å². The van der Waals surface area contributed by atoms with E-state index in [1.807, 2.05) is 0 Å². The van der Waals surface area contributed by atoms with E-state index in [1.54, 1.807) is 0 Å². The van der Waals surface area contributed by atoms with E-state index in [1.165, 1.54) is 18.2 Å². The fourth-order valence-corrected chi connectivity index (χ4v) is 1.02. The molecule has 0 aromatic heterocycles. The first-order valence-electron chi connectivity index (χ1n) is 4.00.